The summed E-state index contributed by atoms with van der Waals surface area (Å²) < 4.78 is 22.4. The van der Waals surface area contributed by atoms with Gasteiger partial charge >= 0.3 is 0 Å². The Morgan fingerprint density at radius 1 is 1.15 bits per heavy atom. The molecule has 0 spiro atoms. The van der Waals surface area contributed by atoms with Gasteiger partial charge in [0.1, 0.15) is 17.5 Å². The Kier molecular flexibility index (Phi) is 5.54. The monoisotopic (exact) mass is 452 g/mol. The Bertz CT molecular complexity index is 1230. The number of ether oxygens (including phenoxy) is 1. The second-order valence-electron chi connectivity index (χ2n) is 9.12. The fourth-order valence-electron chi connectivity index (χ4n) is 4.96. The second-order valence-corrected chi connectivity index (χ2v) is 9.12. The van der Waals surface area contributed by atoms with E-state index in [9.17, 15) is 9.18 Å². The summed E-state index contributed by atoms with van der Waals surface area (Å²) in [7, 11) is 3.46. The number of fused-ring (bicyclic) bond motifs is 5. The number of aryl methyl sites for hydroxylation is 2. The van der Waals surface area contributed by atoms with Crippen molar-refractivity contribution in [2.24, 2.45) is 0 Å². The van der Waals surface area contributed by atoms with Crippen LogP contribution in [-0.2, 0) is 16.1 Å². The molecule has 4 bridgehead atoms. The van der Waals surface area contributed by atoms with Crippen LogP contribution >= 0.6 is 0 Å². The zero-order valence-electron chi connectivity index (χ0n) is 19.4. The number of nitrogens with one attached hydrogen (secondary N) is 2. The molecule has 1 amide bonds. The summed E-state index contributed by atoms with van der Waals surface area (Å²) in [4.78, 5) is 24.3. The number of pyridine rings is 1. The molecule has 9 heteroatoms. The predicted octanol–water partition coefficient (Wildman–Crippen LogP) is 2.48. The number of halogens is 1. The molecular formula is C24H29FN6O2. The molecule has 1 fully saturated rings. The number of carbonyl (C=O) groups excluding carboxylic acids is 1. The van der Waals surface area contributed by atoms with Crippen LogP contribution in [0.2, 0.25) is 0 Å². The van der Waals surface area contributed by atoms with Crippen molar-refractivity contribution in [2.75, 3.05) is 32.6 Å². The van der Waals surface area contributed by atoms with Crippen LogP contribution in [0.3, 0.4) is 0 Å². The maximum Gasteiger partial charge on any atom is 0.239 e. The van der Waals surface area contributed by atoms with Gasteiger partial charge in [-0.25, -0.2) is 14.4 Å². The van der Waals surface area contributed by atoms with Crippen molar-refractivity contribution in [1.29, 1.82) is 0 Å². The number of methoxy groups -OCH3 is 1. The van der Waals surface area contributed by atoms with E-state index in [1.165, 1.54) is 12.1 Å². The van der Waals surface area contributed by atoms with E-state index in [4.69, 9.17) is 9.72 Å². The fraction of sp³-hybridized carbons (Fsp3) is 0.458. The highest BCUT2D eigenvalue weighted by atomic mass is 19.1. The predicted molar refractivity (Wildman–Crippen MR) is 125 cm³/mol. The molecule has 2 N–H and O–H groups in total. The number of aromatic nitrogens is 3. The SMILES string of the molecule is CO[C@H]1CN(C)C(=O)[C@@H]2C[C@@H](CN2)Nc2cc(C)cc(n2)-c2cc(F)cc3nc(C)n(c23)C1. The quantitative estimate of drug-likeness (QED) is 0.590. The zero-order chi connectivity index (χ0) is 23.3. The van der Waals surface area contributed by atoms with E-state index in [1.807, 2.05) is 37.6 Å². The van der Waals surface area contributed by atoms with Crippen molar-refractivity contribution in [3.63, 3.8) is 0 Å². The molecule has 1 saturated heterocycles. The van der Waals surface area contributed by atoms with Crippen molar-refractivity contribution in [2.45, 2.75) is 45.0 Å². The summed E-state index contributed by atoms with van der Waals surface area (Å²) in [5.74, 6) is 1.16. The average molecular weight is 453 g/mol. The maximum atomic E-state index is 14.6. The Balaban J connectivity index is 1.71. The number of hydrogen-bond donors (Lipinski definition) is 2. The smallest absolute Gasteiger partial charge is 0.239 e. The van der Waals surface area contributed by atoms with Gasteiger partial charge in [-0.2, -0.15) is 0 Å². The number of nitrogens with zero attached hydrogens (tertiary/aromatic N) is 4. The standard InChI is InChI=1S/C24H29FN6O2/c1-13-5-19-18-7-15(25)8-20-23(18)31(14(2)27-20)12-17(33-4)11-30(3)24(32)21-9-16(10-26-21)28-22(6-13)29-19/h5-8,16-17,21,26H,9-12H2,1-4H3,(H,28,29)/t16-,17-,21-/m0/s1. The minimum atomic E-state index is -0.352. The lowest BCUT2D eigenvalue weighted by molar-refractivity contribution is -0.133. The Morgan fingerprint density at radius 3 is 2.76 bits per heavy atom. The number of carbonyl (C=O) groups is 1. The average Bonchev–Trinajstić information content (AvgIpc) is 3.35. The molecule has 5 rings (SSSR count). The Labute approximate surface area is 192 Å². The van der Waals surface area contributed by atoms with Crippen LogP contribution in [-0.4, -0.2) is 70.8 Å². The zero-order valence-corrected chi connectivity index (χ0v) is 19.4. The second kappa shape index (κ2) is 8.39. The van der Waals surface area contributed by atoms with Gasteiger partial charge in [-0.05, 0) is 44.0 Å². The normalized spacial score (nSPS) is 23.4. The first-order valence-corrected chi connectivity index (χ1v) is 11.3. The lowest BCUT2D eigenvalue weighted by atomic mass is 10.1. The molecule has 2 aromatic heterocycles. The number of rotatable bonds is 1. The third kappa shape index (κ3) is 4.06. The molecule has 2 aliphatic rings. The van der Waals surface area contributed by atoms with E-state index in [0.29, 0.717) is 48.6 Å². The first-order chi connectivity index (χ1) is 15.8. The summed E-state index contributed by atoms with van der Waals surface area (Å²) in [5.41, 5.74) is 3.77. The van der Waals surface area contributed by atoms with Crippen molar-refractivity contribution < 1.29 is 13.9 Å². The number of imidazole rings is 1. The molecule has 1 aromatic carbocycles. The molecule has 3 atom stereocenters. The minimum absolute atomic E-state index is 0.0454. The van der Waals surface area contributed by atoms with Crippen molar-refractivity contribution >= 4 is 22.8 Å². The van der Waals surface area contributed by atoms with Crippen molar-refractivity contribution in [3.8, 4) is 11.3 Å². The van der Waals surface area contributed by atoms with Crippen LogP contribution in [0.5, 0.6) is 0 Å². The van der Waals surface area contributed by atoms with Gasteiger partial charge in [0.05, 0.1) is 35.4 Å². The molecule has 4 heterocycles. The highest BCUT2D eigenvalue weighted by molar-refractivity contribution is 5.92. The lowest BCUT2D eigenvalue weighted by Crippen LogP contribution is -2.45. The molecule has 3 aromatic rings. The van der Waals surface area contributed by atoms with Crippen LogP contribution in [0.25, 0.3) is 22.3 Å². The van der Waals surface area contributed by atoms with Gasteiger partial charge in [-0.15, -0.1) is 0 Å². The van der Waals surface area contributed by atoms with Gasteiger partial charge in [-0.1, -0.05) is 0 Å². The van der Waals surface area contributed by atoms with E-state index < -0.39 is 0 Å². The molecular weight excluding hydrogens is 423 g/mol. The topological polar surface area (TPSA) is 84.3 Å². The van der Waals surface area contributed by atoms with Crippen molar-refractivity contribution in [1.82, 2.24) is 24.8 Å². The number of likely N-dealkylation sites (N-methyl/N-ethyl adjacent to an activating group) is 1. The summed E-state index contributed by atoms with van der Waals surface area (Å²) in [5, 5.41) is 6.80. The lowest BCUT2D eigenvalue weighted by Gasteiger charge is -2.26. The van der Waals surface area contributed by atoms with Gasteiger partial charge in [0.25, 0.3) is 0 Å². The number of benzene rings is 1. The van der Waals surface area contributed by atoms with E-state index >= 15 is 0 Å². The molecule has 0 unspecified atom stereocenters. The van der Waals surface area contributed by atoms with Crippen LogP contribution in [0.4, 0.5) is 10.2 Å². The molecule has 0 radical (unpaired) electrons. The van der Waals surface area contributed by atoms with E-state index in [1.54, 1.807) is 12.0 Å². The largest absolute Gasteiger partial charge is 0.378 e. The fourth-order valence-corrected chi connectivity index (χ4v) is 4.96. The molecule has 0 saturated carbocycles. The molecule has 174 valence electrons. The highest BCUT2D eigenvalue weighted by Crippen LogP contribution is 2.32. The summed E-state index contributed by atoms with van der Waals surface area (Å²) in [6.45, 7) is 5.48. The molecule has 8 nitrogen and oxygen atoms in total. The summed E-state index contributed by atoms with van der Waals surface area (Å²) >= 11 is 0. The van der Waals surface area contributed by atoms with E-state index in [2.05, 4.69) is 15.6 Å². The van der Waals surface area contributed by atoms with Crippen LogP contribution in [0, 0.1) is 19.7 Å². The summed E-state index contributed by atoms with van der Waals surface area (Å²) in [6, 6.07) is 6.72. The third-order valence-electron chi connectivity index (χ3n) is 6.60. The van der Waals surface area contributed by atoms with Crippen LogP contribution in [0.15, 0.2) is 24.3 Å². The Hall–Kier alpha value is -3.04. The molecule has 0 aliphatic carbocycles. The van der Waals surface area contributed by atoms with Gasteiger partial charge in [-0.3, -0.25) is 4.79 Å². The van der Waals surface area contributed by atoms with Gasteiger partial charge in [0.2, 0.25) is 5.91 Å². The maximum absolute atomic E-state index is 14.6. The van der Waals surface area contributed by atoms with Gasteiger partial charge in [0.15, 0.2) is 0 Å². The van der Waals surface area contributed by atoms with E-state index in [-0.39, 0.29) is 29.9 Å². The van der Waals surface area contributed by atoms with Crippen LogP contribution < -0.4 is 10.6 Å². The van der Waals surface area contributed by atoms with E-state index in [0.717, 1.165) is 16.9 Å². The van der Waals surface area contributed by atoms with Gasteiger partial charge in [0, 0.05) is 44.9 Å². The summed E-state index contributed by atoms with van der Waals surface area (Å²) in [6.07, 6.45) is 0.411. The first-order valence-electron chi connectivity index (χ1n) is 11.3. The van der Waals surface area contributed by atoms with Gasteiger partial charge < -0.3 is 24.8 Å². The highest BCUT2D eigenvalue weighted by Gasteiger charge is 2.32. The van der Waals surface area contributed by atoms with Crippen LogP contribution in [0.1, 0.15) is 17.8 Å². The minimum Gasteiger partial charge on any atom is -0.378 e. The molecule has 2 aliphatic heterocycles. The third-order valence-corrected chi connectivity index (χ3v) is 6.60. The number of amides is 1. The first kappa shape index (κ1) is 21.8. The number of anilines is 1. The Morgan fingerprint density at radius 2 is 1.97 bits per heavy atom. The molecule has 33 heavy (non-hydrogen) atoms. The van der Waals surface area contributed by atoms with Crippen molar-refractivity contribution in [3.05, 3.63) is 41.5 Å². The number of hydrogen-bond acceptors (Lipinski definition) is 6.